The summed E-state index contributed by atoms with van der Waals surface area (Å²) in [6.45, 7) is -5.50. The molecule has 1 aromatic carbocycles. The lowest BCUT2D eigenvalue weighted by Crippen LogP contribution is -2.17. The molecular weight excluding hydrogens is 368 g/mol. The fourth-order valence-corrected chi connectivity index (χ4v) is 2.29. The molecule has 1 heterocycles. The molecule has 0 aliphatic rings. The Bertz CT molecular complexity index is 904. The number of hydrogen-bond donors (Lipinski definition) is 2. The Hall–Kier alpha value is -2.70. The number of rotatable bonds is 7. The van der Waals surface area contributed by atoms with Crippen molar-refractivity contribution in [3.8, 4) is 0 Å². The van der Waals surface area contributed by atoms with E-state index >= 15 is 0 Å². The summed E-state index contributed by atoms with van der Waals surface area (Å²) in [6, 6.07) is 12.7. The Morgan fingerprint density at radius 2 is 1.78 bits per heavy atom. The van der Waals surface area contributed by atoms with Crippen molar-refractivity contribution < 1.29 is 28.0 Å². The zero-order valence-corrected chi connectivity index (χ0v) is 15.0. The number of aromatic nitrogens is 1. The van der Waals surface area contributed by atoms with Gasteiger partial charge in [-0.2, -0.15) is 0 Å². The summed E-state index contributed by atoms with van der Waals surface area (Å²) in [6.07, 6.45) is 3.07. The molecular formula is C20H23ClN2O4. The van der Waals surface area contributed by atoms with Gasteiger partial charge < -0.3 is 15.1 Å². The van der Waals surface area contributed by atoms with E-state index in [2.05, 4.69) is 4.98 Å². The highest BCUT2D eigenvalue weighted by molar-refractivity contribution is 6.30. The number of hydrogen-bond acceptors (Lipinski definition) is 4. The zero-order valence-electron chi connectivity index (χ0n) is 20.2. The van der Waals surface area contributed by atoms with Gasteiger partial charge in [-0.05, 0) is 56.7 Å². The molecule has 6 nitrogen and oxygen atoms in total. The van der Waals surface area contributed by atoms with Crippen LogP contribution in [0.3, 0.4) is 0 Å². The molecule has 7 heteroatoms. The van der Waals surface area contributed by atoms with Gasteiger partial charge in [-0.1, -0.05) is 29.8 Å². The summed E-state index contributed by atoms with van der Waals surface area (Å²) in [5.41, 5.74) is 1.65. The van der Waals surface area contributed by atoms with Crippen molar-refractivity contribution in [2.24, 2.45) is 0 Å². The van der Waals surface area contributed by atoms with Gasteiger partial charge in [0.15, 0.2) is 0 Å². The normalized spacial score (nSPS) is 15.9. The maximum atomic E-state index is 9.55. The van der Waals surface area contributed by atoms with Crippen LogP contribution in [0.1, 0.15) is 31.8 Å². The minimum Gasteiger partial charge on any atom is -0.478 e. The van der Waals surface area contributed by atoms with Gasteiger partial charge in [0.1, 0.15) is 0 Å². The first-order valence-corrected chi connectivity index (χ1v) is 8.17. The average Bonchev–Trinajstić information content (AvgIpc) is 2.70. The fraction of sp³-hybridized carbons (Fsp3) is 0.250. The SMILES string of the molecule is O=C(O)/C=C/C(=O)O.[2H]C([2H])([2H])N(CCC(c1ccc(Cl)cc1)c1ccccn1)C([2H])([2H])[2H]. The van der Waals surface area contributed by atoms with Crippen molar-refractivity contribution in [2.75, 3.05) is 20.5 Å². The molecule has 0 radical (unpaired) electrons. The minimum absolute atomic E-state index is 0.114. The van der Waals surface area contributed by atoms with Crippen LogP contribution in [0.15, 0.2) is 60.8 Å². The largest absolute Gasteiger partial charge is 0.478 e. The number of carboxylic acid groups (broad SMARTS) is 2. The van der Waals surface area contributed by atoms with E-state index in [-0.39, 0.29) is 12.5 Å². The molecule has 0 amide bonds. The molecule has 2 rings (SSSR count). The highest BCUT2D eigenvalue weighted by Gasteiger charge is 2.15. The highest BCUT2D eigenvalue weighted by Crippen LogP contribution is 2.27. The van der Waals surface area contributed by atoms with Crippen molar-refractivity contribution in [3.63, 3.8) is 0 Å². The van der Waals surface area contributed by atoms with Crippen molar-refractivity contribution in [1.82, 2.24) is 9.88 Å². The maximum absolute atomic E-state index is 9.55. The average molecular weight is 397 g/mol. The van der Waals surface area contributed by atoms with Gasteiger partial charge in [-0.3, -0.25) is 4.98 Å². The lowest BCUT2D eigenvalue weighted by molar-refractivity contribution is -0.134. The summed E-state index contributed by atoms with van der Waals surface area (Å²) in [4.78, 5) is 24.0. The number of benzene rings is 1. The summed E-state index contributed by atoms with van der Waals surface area (Å²) < 4.78 is 45.0. The highest BCUT2D eigenvalue weighted by atomic mass is 35.5. The molecule has 2 N–H and O–H groups in total. The van der Waals surface area contributed by atoms with Crippen LogP contribution in [-0.4, -0.2) is 52.5 Å². The van der Waals surface area contributed by atoms with Crippen LogP contribution in [0.25, 0.3) is 0 Å². The second-order valence-corrected chi connectivity index (χ2v) is 5.75. The smallest absolute Gasteiger partial charge is 0.328 e. The molecule has 0 spiro atoms. The third kappa shape index (κ3) is 9.53. The van der Waals surface area contributed by atoms with Crippen LogP contribution < -0.4 is 0 Å². The van der Waals surface area contributed by atoms with Crippen molar-refractivity contribution >= 4 is 23.5 Å². The van der Waals surface area contributed by atoms with E-state index in [1.54, 1.807) is 24.4 Å². The number of aliphatic carboxylic acids is 2. The standard InChI is InChI=1S/C16H19ClN2.C4H4O4/c1-19(2)12-10-15(16-5-3-4-11-18-16)13-6-8-14(17)9-7-13;5-3(6)1-2-4(7)8/h3-9,11,15H,10,12H2,1-2H3;1-2H,(H,5,6)(H,7,8)/b;2-1+/i1D3,2D3;. The topological polar surface area (TPSA) is 90.7 Å². The number of carbonyl (C=O) groups is 2. The van der Waals surface area contributed by atoms with Crippen LogP contribution in [0.2, 0.25) is 5.02 Å². The Kier molecular flexibility index (Phi) is 6.29. The van der Waals surface area contributed by atoms with E-state index in [1.165, 1.54) is 0 Å². The Balaban J connectivity index is 0.000000582. The molecule has 0 aliphatic carbocycles. The van der Waals surface area contributed by atoms with E-state index in [1.807, 2.05) is 24.3 Å². The van der Waals surface area contributed by atoms with Gasteiger partial charge >= 0.3 is 11.9 Å². The monoisotopic (exact) mass is 396 g/mol. The molecule has 1 atom stereocenters. The quantitative estimate of drug-likeness (QED) is 0.696. The van der Waals surface area contributed by atoms with Crippen LogP contribution in [0.4, 0.5) is 0 Å². The number of pyridine rings is 1. The minimum atomic E-state index is -2.69. The molecule has 144 valence electrons. The lowest BCUT2D eigenvalue weighted by Gasteiger charge is -2.19. The number of carboxylic acids is 2. The molecule has 0 aliphatic heterocycles. The van der Waals surface area contributed by atoms with Gasteiger partial charge in [-0.15, -0.1) is 0 Å². The van der Waals surface area contributed by atoms with Crippen LogP contribution >= 0.6 is 11.6 Å². The van der Waals surface area contributed by atoms with E-state index in [0.29, 0.717) is 28.5 Å². The van der Waals surface area contributed by atoms with Crippen LogP contribution in [0.5, 0.6) is 0 Å². The first-order chi connectivity index (χ1) is 15.2. The van der Waals surface area contributed by atoms with Crippen molar-refractivity contribution in [3.05, 3.63) is 77.1 Å². The van der Waals surface area contributed by atoms with Gasteiger partial charge in [0.05, 0.1) is 0 Å². The van der Waals surface area contributed by atoms with Crippen molar-refractivity contribution in [1.29, 1.82) is 0 Å². The maximum Gasteiger partial charge on any atom is 0.328 e. The lowest BCUT2D eigenvalue weighted by atomic mass is 9.92. The predicted octanol–water partition coefficient (Wildman–Crippen LogP) is 3.53. The number of nitrogens with zero attached hydrogens (tertiary/aromatic N) is 2. The molecule has 1 unspecified atom stereocenters. The summed E-state index contributed by atoms with van der Waals surface area (Å²) in [5, 5.41) is 16.2. The van der Waals surface area contributed by atoms with Crippen molar-refractivity contribution in [2.45, 2.75) is 12.3 Å². The first kappa shape index (κ1) is 14.4. The second-order valence-electron chi connectivity index (χ2n) is 5.31. The number of halogens is 1. The first-order valence-electron chi connectivity index (χ1n) is 10.8. The Labute approximate surface area is 172 Å². The molecule has 27 heavy (non-hydrogen) atoms. The zero-order chi connectivity index (χ0) is 25.2. The van der Waals surface area contributed by atoms with E-state index < -0.39 is 25.9 Å². The third-order valence-corrected chi connectivity index (χ3v) is 3.58. The predicted molar refractivity (Wildman–Crippen MR) is 105 cm³/mol. The second kappa shape index (κ2) is 11.8. The molecule has 2 aromatic rings. The summed E-state index contributed by atoms with van der Waals surface area (Å²) in [5.74, 6) is -2.74. The third-order valence-electron chi connectivity index (χ3n) is 3.33. The van der Waals surface area contributed by atoms with Crippen LogP contribution in [0, 0.1) is 0 Å². The van der Waals surface area contributed by atoms with Gasteiger partial charge in [-0.25, -0.2) is 9.59 Å². The fourth-order valence-electron chi connectivity index (χ4n) is 2.16. The molecule has 0 bridgehead atoms. The molecule has 0 fully saturated rings. The molecule has 0 saturated heterocycles. The van der Waals surface area contributed by atoms with Crippen LogP contribution in [-0.2, 0) is 9.59 Å². The van der Waals surface area contributed by atoms with E-state index in [9.17, 15) is 9.59 Å². The van der Waals surface area contributed by atoms with Gasteiger partial charge in [0, 0.05) is 43.2 Å². The van der Waals surface area contributed by atoms with E-state index in [4.69, 9.17) is 30.0 Å². The summed E-state index contributed by atoms with van der Waals surface area (Å²) >= 11 is 5.94. The Morgan fingerprint density at radius 3 is 2.26 bits per heavy atom. The molecule has 1 aromatic heterocycles. The van der Waals surface area contributed by atoms with Gasteiger partial charge in [0.2, 0.25) is 0 Å². The Morgan fingerprint density at radius 1 is 1.15 bits per heavy atom. The van der Waals surface area contributed by atoms with Gasteiger partial charge in [0.25, 0.3) is 0 Å². The van der Waals surface area contributed by atoms with E-state index in [0.717, 1.165) is 11.3 Å². The molecule has 0 saturated carbocycles. The summed E-state index contributed by atoms with van der Waals surface area (Å²) in [7, 11) is 0.